The third-order valence-electron chi connectivity index (χ3n) is 1.09. The lowest BCUT2D eigenvalue weighted by Gasteiger charge is -1.98. The van der Waals surface area contributed by atoms with E-state index in [2.05, 4.69) is 20.9 Å². The summed E-state index contributed by atoms with van der Waals surface area (Å²) in [5.74, 6) is -0.209. The SMILES string of the molecule is Cl.Fc1cncc(Br)c1CCl. The second-order valence-electron chi connectivity index (χ2n) is 1.72. The molecule has 0 amide bonds. The Morgan fingerprint density at radius 3 is 2.55 bits per heavy atom. The molecule has 1 aromatic rings. The number of alkyl halides is 1. The van der Waals surface area contributed by atoms with E-state index in [0.717, 1.165) is 6.20 Å². The zero-order valence-corrected chi connectivity index (χ0v) is 8.51. The van der Waals surface area contributed by atoms with Crippen LogP contribution in [-0.2, 0) is 5.88 Å². The van der Waals surface area contributed by atoms with Crippen LogP contribution in [0.4, 0.5) is 4.39 Å². The predicted molar refractivity (Wildman–Crippen MR) is 48.7 cm³/mol. The molecule has 0 atom stereocenters. The Balaban J connectivity index is 0.000001000. The normalized spacial score (nSPS) is 9.00. The Bertz CT molecular complexity index is 224. The van der Waals surface area contributed by atoms with Crippen LogP contribution in [0.5, 0.6) is 0 Å². The molecule has 0 aliphatic heterocycles. The fraction of sp³-hybridized carbons (Fsp3) is 0.167. The van der Waals surface area contributed by atoms with E-state index in [4.69, 9.17) is 11.6 Å². The topological polar surface area (TPSA) is 12.9 Å². The van der Waals surface area contributed by atoms with Gasteiger partial charge in [-0.05, 0) is 15.9 Å². The fourth-order valence-electron chi connectivity index (χ4n) is 0.566. The third kappa shape index (κ3) is 2.58. The number of halogens is 4. The summed E-state index contributed by atoms with van der Waals surface area (Å²) in [6.07, 6.45) is 2.66. The highest BCUT2D eigenvalue weighted by Crippen LogP contribution is 2.19. The molecule has 0 aromatic carbocycles. The van der Waals surface area contributed by atoms with Crippen molar-refractivity contribution in [1.82, 2.24) is 4.98 Å². The Hall–Kier alpha value is 0.140. The number of nitrogens with zero attached hydrogens (tertiary/aromatic N) is 1. The number of hydrogen-bond acceptors (Lipinski definition) is 1. The molecule has 1 aromatic heterocycles. The van der Waals surface area contributed by atoms with Crippen molar-refractivity contribution in [2.45, 2.75) is 5.88 Å². The lowest BCUT2D eigenvalue weighted by atomic mass is 10.3. The van der Waals surface area contributed by atoms with Gasteiger partial charge in [0.25, 0.3) is 0 Å². The molecule has 0 unspecified atom stereocenters. The molecule has 0 fully saturated rings. The molecule has 62 valence electrons. The van der Waals surface area contributed by atoms with Crippen molar-refractivity contribution in [3.8, 4) is 0 Å². The minimum Gasteiger partial charge on any atom is -0.260 e. The zero-order valence-electron chi connectivity index (χ0n) is 5.35. The molecule has 0 radical (unpaired) electrons. The van der Waals surface area contributed by atoms with Gasteiger partial charge >= 0.3 is 0 Å². The summed E-state index contributed by atoms with van der Waals surface area (Å²) < 4.78 is 13.3. The lowest BCUT2D eigenvalue weighted by Crippen LogP contribution is -1.88. The van der Waals surface area contributed by atoms with Gasteiger partial charge in [0.1, 0.15) is 5.82 Å². The second-order valence-corrected chi connectivity index (χ2v) is 2.84. The minimum atomic E-state index is -0.371. The number of pyridine rings is 1. The first-order chi connectivity index (χ1) is 4.75. The number of hydrogen-bond donors (Lipinski definition) is 0. The van der Waals surface area contributed by atoms with E-state index >= 15 is 0 Å². The van der Waals surface area contributed by atoms with Gasteiger partial charge in [-0.15, -0.1) is 24.0 Å². The summed E-state index contributed by atoms with van der Waals surface area (Å²) >= 11 is 8.56. The van der Waals surface area contributed by atoms with Gasteiger partial charge in [-0.1, -0.05) is 0 Å². The van der Waals surface area contributed by atoms with Crippen LogP contribution in [-0.4, -0.2) is 4.98 Å². The van der Waals surface area contributed by atoms with Crippen LogP contribution < -0.4 is 0 Å². The third-order valence-corrected chi connectivity index (χ3v) is 2.04. The van der Waals surface area contributed by atoms with Crippen molar-refractivity contribution in [3.63, 3.8) is 0 Å². The zero-order chi connectivity index (χ0) is 7.56. The van der Waals surface area contributed by atoms with Gasteiger partial charge in [-0.3, -0.25) is 4.98 Å². The first-order valence-corrected chi connectivity index (χ1v) is 3.92. The highest BCUT2D eigenvalue weighted by Gasteiger charge is 2.03. The summed E-state index contributed by atoms with van der Waals surface area (Å²) in [5.41, 5.74) is 0.455. The standard InChI is InChI=1S/C6H4BrClFN.ClH/c7-5-2-10-3-6(9)4(5)1-8;/h2-3H,1H2;1H. The Labute approximate surface area is 83.5 Å². The number of aromatic nitrogens is 1. The summed E-state index contributed by atoms with van der Waals surface area (Å²) in [7, 11) is 0. The van der Waals surface area contributed by atoms with Crippen LogP contribution in [0.25, 0.3) is 0 Å². The first kappa shape index (κ1) is 11.1. The van der Waals surface area contributed by atoms with Crippen LogP contribution in [0.1, 0.15) is 5.56 Å². The molecule has 1 heterocycles. The van der Waals surface area contributed by atoms with Crippen molar-refractivity contribution in [2.24, 2.45) is 0 Å². The van der Waals surface area contributed by atoms with Crippen molar-refractivity contribution in [1.29, 1.82) is 0 Å². The average Bonchev–Trinajstić information content (AvgIpc) is 1.88. The molecule has 1 rings (SSSR count). The van der Waals surface area contributed by atoms with E-state index in [0.29, 0.717) is 10.0 Å². The van der Waals surface area contributed by atoms with Crippen molar-refractivity contribution in [3.05, 3.63) is 28.2 Å². The molecule has 1 nitrogen and oxygen atoms in total. The van der Waals surface area contributed by atoms with Crippen molar-refractivity contribution < 1.29 is 4.39 Å². The van der Waals surface area contributed by atoms with E-state index in [-0.39, 0.29) is 24.1 Å². The largest absolute Gasteiger partial charge is 0.260 e. The molecule has 0 aliphatic rings. The van der Waals surface area contributed by atoms with Crippen LogP contribution in [0, 0.1) is 5.82 Å². The molecule has 0 saturated carbocycles. The van der Waals surface area contributed by atoms with Crippen LogP contribution in [0.15, 0.2) is 16.9 Å². The van der Waals surface area contributed by atoms with Gasteiger partial charge in [0, 0.05) is 16.2 Å². The predicted octanol–water partition coefficient (Wildman–Crippen LogP) is 3.14. The smallest absolute Gasteiger partial charge is 0.147 e. The molecule has 5 heteroatoms. The van der Waals surface area contributed by atoms with Gasteiger partial charge in [0.2, 0.25) is 0 Å². The van der Waals surface area contributed by atoms with E-state index in [1.54, 1.807) is 0 Å². The monoisotopic (exact) mass is 259 g/mol. The van der Waals surface area contributed by atoms with E-state index in [1.807, 2.05) is 0 Å². The second kappa shape index (κ2) is 4.91. The van der Waals surface area contributed by atoms with Crippen molar-refractivity contribution in [2.75, 3.05) is 0 Å². The lowest BCUT2D eigenvalue weighted by molar-refractivity contribution is 0.609. The molecule has 0 saturated heterocycles. The summed E-state index contributed by atoms with van der Waals surface area (Å²) in [6, 6.07) is 0. The van der Waals surface area contributed by atoms with E-state index < -0.39 is 0 Å². The molecule has 11 heavy (non-hydrogen) atoms. The molecular formula is C6H5BrCl2FN. The summed E-state index contributed by atoms with van der Waals surface area (Å²) in [5, 5.41) is 0. The Morgan fingerprint density at radius 1 is 1.55 bits per heavy atom. The Morgan fingerprint density at radius 2 is 2.18 bits per heavy atom. The molecular weight excluding hydrogens is 256 g/mol. The number of rotatable bonds is 1. The first-order valence-electron chi connectivity index (χ1n) is 2.59. The average molecular weight is 261 g/mol. The van der Waals surface area contributed by atoms with Gasteiger partial charge in [-0.25, -0.2) is 4.39 Å². The van der Waals surface area contributed by atoms with Crippen LogP contribution in [0.3, 0.4) is 0 Å². The van der Waals surface area contributed by atoms with Crippen LogP contribution >= 0.6 is 39.9 Å². The molecule has 0 N–H and O–H groups in total. The highest BCUT2D eigenvalue weighted by molar-refractivity contribution is 9.10. The summed E-state index contributed by atoms with van der Waals surface area (Å²) in [6.45, 7) is 0. The molecule has 0 spiro atoms. The quantitative estimate of drug-likeness (QED) is 0.707. The maximum atomic E-state index is 12.7. The molecule has 0 bridgehead atoms. The fourth-order valence-corrected chi connectivity index (χ4v) is 1.45. The maximum Gasteiger partial charge on any atom is 0.147 e. The minimum absolute atomic E-state index is 0. The van der Waals surface area contributed by atoms with Crippen molar-refractivity contribution >= 4 is 39.9 Å². The maximum absolute atomic E-state index is 12.7. The van der Waals surface area contributed by atoms with Gasteiger partial charge in [0.05, 0.1) is 12.1 Å². The summed E-state index contributed by atoms with van der Waals surface area (Å²) in [4.78, 5) is 3.61. The van der Waals surface area contributed by atoms with Crippen LogP contribution in [0.2, 0.25) is 0 Å². The Kier molecular flexibility index (Phi) is 4.97. The van der Waals surface area contributed by atoms with E-state index in [9.17, 15) is 4.39 Å². The van der Waals surface area contributed by atoms with Gasteiger partial charge in [0.15, 0.2) is 0 Å². The van der Waals surface area contributed by atoms with Gasteiger partial charge in [-0.2, -0.15) is 0 Å². The molecule has 0 aliphatic carbocycles. The van der Waals surface area contributed by atoms with Gasteiger partial charge < -0.3 is 0 Å². The van der Waals surface area contributed by atoms with E-state index in [1.165, 1.54) is 6.20 Å². The highest BCUT2D eigenvalue weighted by atomic mass is 79.9.